The van der Waals surface area contributed by atoms with Gasteiger partial charge in [0.2, 0.25) is 0 Å². The minimum absolute atomic E-state index is 0.0588. The summed E-state index contributed by atoms with van der Waals surface area (Å²) in [7, 11) is 1.61. The first kappa shape index (κ1) is 24.2. The van der Waals surface area contributed by atoms with Crippen molar-refractivity contribution in [3.8, 4) is 11.5 Å². The number of carbonyl (C=O) groups is 2. The number of benzene rings is 2. The monoisotopic (exact) mass is 487 g/mol. The number of esters is 1. The van der Waals surface area contributed by atoms with E-state index < -0.39 is 5.92 Å². The van der Waals surface area contributed by atoms with E-state index in [1.54, 1.807) is 7.11 Å². The van der Waals surface area contributed by atoms with E-state index in [2.05, 4.69) is 5.32 Å². The Balaban J connectivity index is 1.53. The van der Waals surface area contributed by atoms with Gasteiger partial charge >= 0.3 is 5.97 Å². The van der Waals surface area contributed by atoms with Crippen LogP contribution in [0.2, 0.25) is 0 Å². The molecule has 6 heteroatoms. The largest absolute Gasteiger partial charge is 0.493 e. The summed E-state index contributed by atoms with van der Waals surface area (Å²) in [6.07, 6.45) is 5.95. The first-order valence-corrected chi connectivity index (χ1v) is 12.8. The average Bonchev–Trinajstić information content (AvgIpc) is 3.40. The minimum Gasteiger partial charge on any atom is -0.493 e. The Hall–Kier alpha value is -3.54. The Bertz CT molecular complexity index is 1210. The maximum atomic E-state index is 13.5. The molecule has 6 nitrogen and oxygen atoms in total. The standard InChI is InChI=1S/C30H33NO5/c1-19-27(30(33)36-22-11-6-7-12-22)28(29-23(31-19)13-8-14-24(29)32)21-15-16-25(34-2)26(17-21)35-18-20-9-4-3-5-10-20/h3-5,9-10,15-17,22,28,31H,6-8,11-14,18H2,1-2H3/t28-/m0/s1. The maximum absolute atomic E-state index is 13.5. The molecule has 0 unspecified atom stereocenters. The molecule has 0 radical (unpaired) electrons. The number of hydrogen-bond acceptors (Lipinski definition) is 6. The highest BCUT2D eigenvalue weighted by Crippen LogP contribution is 2.45. The molecule has 0 aromatic heterocycles. The molecule has 2 aromatic rings. The molecule has 1 heterocycles. The van der Waals surface area contributed by atoms with E-state index in [0.29, 0.717) is 35.7 Å². The minimum atomic E-state index is -0.507. The summed E-state index contributed by atoms with van der Waals surface area (Å²) in [5.41, 5.74) is 4.70. The van der Waals surface area contributed by atoms with Gasteiger partial charge in [0.1, 0.15) is 12.7 Å². The van der Waals surface area contributed by atoms with Gasteiger partial charge in [-0.3, -0.25) is 4.79 Å². The Labute approximate surface area is 212 Å². The van der Waals surface area contributed by atoms with Gasteiger partial charge in [0.05, 0.1) is 12.7 Å². The van der Waals surface area contributed by atoms with Crippen LogP contribution in [0.4, 0.5) is 0 Å². The van der Waals surface area contributed by atoms with Gasteiger partial charge in [-0.1, -0.05) is 36.4 Å². The molecule has 188 valence electrons. The number of rotatable bonds is 7. The van der Waals surface area contributed by atoms with E-state index in [-0.39, 0.29) is 17.9 Å². The van der Waals surface area contributed by atoms with Crippen molar-refractivity contribution < 1.29 is 23.8 Å². The molecule has 0 amide bonds. The van der Waals surface area contributed by atoms with Gasteiger partial charge in [-0.15, -0.1) is 0 Å². The zero-order valence-electron chi connectivity index (χ0n) is 21.0. The fourth-order valence-corrected chi connectivity index (χ4v) is 5.53. The number of hydrogen-bond donors (Lipinski definition) is 1. The molecular weight excluding hydrogens is 454 g/mol. The molecule has 5 rings (SSSR count). The third-order valence-electron chi connectivity index (χ3n) is 7.33. The van der Waals surface area contributed by atoms with Gasteiger partial charge in [0, 0.05) is 29.3 Å². The predicted octanol–water partition coefficient (Wildman–Crippen LogP) is 5.73. The van der Waals surface area contributed by atoms with Gasteiger partial charge in [0.15, 0.2) is 17.3 Å². The zero-order chi connectivity index (χ0) is 25.1. The molecule has 1 fully saturated rings. The summed E-state index contributed by atoms with van der Waals surface area (Å²) in [5.74, 6) is 0.403. The molecule has 0 bridgehead atoms. The van der Waals surface area contributed by atoms with E-state index in [0.717, 1.165) is 61.0 Å². The van der Waals surface area contributed by atoms with Crippen LogP contribution < -0.4 is 14.8 Å². The van der Waals surface area contributed by atoms with E-state index >= 15 is 0 Å². The highest BCUT2D eigenvalue weighted by Gasteiger charge is 2.40. The third-order valence-corrected chi connectivity index (χ3v) is 7.33. The average molecular weight is 488 g/mol. The van der Waals surface area contributed by atoms with Crippen molar-refractivity contribution in [1.29, 1.82) is 0 Å². The second kappa shape index (κ2) is 10.6. The van der Waals surface area contributed by atoms with Gasteiger partial charge < -0.3 is 19.5 Å². The molecule has 3 aliphatic rings. The fraction of sp³-hybridized carbons (Fsp3) is 0.400. The van der Waals surface area contributed by atoms with Crippen LogP contribution in [0.1, 0.15) is 68.9 Å². The molecule has 2 aliphatic carbocycles. The van der Waals surface area contributed by atoms with E-state index in [9.17, 15) is 9.59 Å². The van der Waals surface area contributed by atoms with Crippen molar-refractivity contribution in [2.45, 2.75) is 70.5 Å². The van der Waals surface area contributed by atoms with Gasteiger partial charge in [-0.05, 0) is 68.7 Å². The number of allylic oxidation sites excluding steroid dienone is 3. The van der Waals surface area contributed by atoms with Crippen LogP contribution in [0, 0.1) is 0 Å². The van der Waals surface area contributed by atoms with Crippen LogP contribution in [0.5, 0.6) is 11.5 Å². The van der Waals surface area contributed by atoms with Crippen molar-refractivity contribution in [3.63, 3.8) is 0 Å². The van der Waals surface area contributed by atoms with Crippen molar-refractivity contribution in [2.24, 2.45) is 0 Å². The van der Waals surface area contributed by atoms with Gasteiger partial charge in [-0.2, -0.15) is 0 Å². The van der Waals surface area contributed by atoms with E-state index in [4.69, 9.17) is 14.2 Å². The van der Waals surface area contributed by atoms with Gasteiger partial charge in [0.25, 0.3) is 0 Å². The quantitative estimate of drug-likeness (QED) is 0.503. The number of carbonyl (C=O) groups excluding carboxylic acids is 2. The van der Waals surface area contributed by atoms with Crippen LogP contribution in [-0.4, -0.2) is 25.0 Å². The van der Waals surface area contributed by atoms with Crippen molar-refractivity contribution in [1.82, 2.24) is 5.32 Å². The molecule has 1 atom stereocenters. The number of ketones is 1. The summed E-state index contributed by atoms with van der Waals surface area (Å²) in [6, 6.07) is 15.6. The lowest BCUT2D eigenvalue weighted by Gasteiger charge is -2.34. The van der Waals surface area contributed by atoms with Crippen molar-refractivity contribution in [2.75, 3.05) is 7.11 Å². The normalized spacial score (nSPS) is 20.2. The predicted molar refractivity (Wildman–Crippen MR) is 137 cm³/mol. The lowest BCUT2D eigenvalue weighted by molar-refractivity contribution is -0.144. The number of ether oxygens (including phenoxy) is 3. The zero-order valence-corrected chi connectivity index (χ0v) is 21.0. The molecular formula is C30H33NO5. The van der Waals surface area contributed by atoms with Crippen LogP contribution in [-0.2, 0) is 20.9 Å². The molecule has 1 saturated carbocycles. The van der Waals surface area contributed by atoms with E-state index in [1.165, 1.54) is 0 Å². The van der Waals surface area contributed by atoms with Crippen LogP contribution in [0.3, 0.4) is 0 Å². The Morgan fingerprint density at radius 1 is 1.00 bits per heavy atom. The first-order chi connectivity index (χ1) is 17.5. The topological polar surface area (TPSA) is 73.9 Å². The molecule has 36 heavy (non-hydrogen) atoms. The Morgan fingerprint density at radius 3 is 2.53 bits per heavy atom. The Kier molecular flexibility index (Phi) is 7.12. The highest BCUT2D eigenvalue weighted by molar-refractivity contribution is 6.03. The Morgan fingerprint density at radius 2 is 1.78 bits per heavy atom. The number of methoxy groups -OCH3 is 1. The third kappa shape index (κ3) is 4.90. The lowest BCUT2D eigenvalue weighted by atomic mass is 9.75. The van der Waals surface area contributed by atoms with Crippen molar-refractivity contribution >= 4 is 11.8 Å². The van der Waals surface area contributed by atoms with E-state index in [1.807, 2.05) is 55.5 Å². The summed E-state index contributed by atoms with van der Waals surface area (Å²) in [4.78, 5) is 26.8. The van der Waals surface area contributed by atoms with Crippen LogP contribution in [0.25, 0.3) is 0 Å². The second-order valence-corrected chi connectivity index (χ2v) is 9.76. The lowest BCUT2D eigenvalue weighted by Crippen LogP contribution is -2.35. The molecule has 1 aliphatic heterocycles. The summed E-state index contributed by atoms with van der Waals surface area (Å²) >= 11 is 0. The first-order valence-electron chi connectivity index (χ1n) is 12.8. The molecule has 2 aromatic carbocycles. The maximum Gasteiger partial charge on any atom is 0.337 e. The number of Topliss-reactive ketones (excluding diaryl/α,β-unsaturated/α-hetero) is 1. The fourth-order valence-electron chi connectivity index (χ4n) is 5.53. The summed E-state index contributed by atoms with van der Waals surface area (Å²) in [5, 5.41) is 3.37. The SMILES string of the molecule is COc1ccc([C@H]2C(C(=O)OC3CCCC3)=C(C)NC3=C2C(=O)CCC3)cc1OCc1ccccc1. The smallest absolute Gasteiger partial charge is 0.337 e. The summed E-state index contributed by atoms with van der Waals surface area (Å²) in [6.45, 7) is 2.28. The molecule has 0 spiro atoms. The van der Waals surface area contributed by atoms with Crippen molar-refractivity contribution in [3.05, 3.63) is 82.2 Å². The number of dihydropyridines is 1. The summed E-state index contributed by atoms with van der Waals surface area (Å²) < 4.78 is 17.7. The van der Waals surface area contributed by atoms with Crippen LogP contribution in [0.15, 0.2) is 71.1 Å². The number of nitrogens with one attached hydrogen (secondary N) is 1. The second-order valence-electron chi connectivity index (χ2n) is 9.76. The molecule has 0 saturated heterocycles. The molecule has 1 N–H and O–H groups in total. The van der Waals surface area contributed by atoms with Gasteiger partial charge in [-0.25, -0.2) is 4.79 Å². The highest BCUT2D eigenvalue weighted by atomic mass is 16.5. The van der Waals surface area contributed by atoms with Crippen LogP contribution >= 0.6 is 0 Å².